The van der Waals surface area contributed by atoms with Gasteiger partial charge in [0.15, 0.2) is 0 Å². The van der Waals surface area contributed by atoms with E-state index in [1.807, 2.05) is 19.9 Å². The smallest absolute Gasteiger partial charge is 0.145 e. The van der Waals surface area contributed by atoms with Gasteiger partial charge in [0.1, 0.15) is 12.9 Å². The summed E-state index contributed by atoms with van der Waals surface area (Å²) in [6.45, 7) is 10.2. The maximum Gasteiger partial charge on any atom is 0.145 e. The van der Waals surface area contributed by atoms with Gasteiger partial charge in [-0.15, -0.1) is 6.58 Å². The monoisotopic (exact) mass is 198 g/mol. The van der Waals surface area contributed by atoms with E-state index in [0.717, 1.165) is 25.5 Å². The fourth-order valence-electron chi connectivity index (χ4n) is 1.30. The Bertz CT molecular complexity index is 173. The van der Waals surface area contributed by atoms with Crippen molar-refractivity contribution in [2.75, 3.05) is 6.61 Å². The van der Waals surface area contributed by atoms with Crippen LogP contribution >= 0.6 is 0 Å². The van der Waals surface area contributed by atoms with Crippen LogP contribution in [0.5, 0.6) is 0 Å². The van der Waals surface area contributed by atoms with Crippen LogP contribution in [0.3, 0.4) is 0 Å². The normalized spacial score (nSPS) is 13.6. The Kier molecular flexibility index (Phi) is 6.46. The molecule has 0 aromatic heterocycles. The van der Waals surface area contributed by atoms with Crippen molar-refractivity contribution in [3.05, 3.63) is 12.7 Å². The fraction of sp³-hybridized carbons (Fsp3) is 0.750. The molecule has 0 N–H and O–H groups in total. The molecule has 0 aliphatic heterocycles. The molecule has 0 aliphatic rings. The summed E-state index contributed by atoms with van der Waals surface area (Å²) in [4.78, 5) is 10.1. The molecule has 1 atom stereocenters. The number of carbonyl (C=O) groups is 1. The Morgan fingerprint density at radius 2 is 2.14 bits per heavy atom. The molecule has 1 unspecified atom stereocenters. The second kappa shape index (κ2) is 6.77. The van der Waals surface area contributed by atoms with E-state index in [1.165, 1.54) is 0 Å². The molecule has 0 bridgehead atoms. The van der Waals surface area contributed by atoms with Gasteiger partial charge in [-0.05, 0) is 32.6 Å². The van der Waals surface area contributed by atoms with Gasteiger partial charge < -0.3 is 9.53 Å². The van der Waals surface area contributed by atoms with Crippen LogP contribution in [0.1, 0.15) is 40.0 Å². The summed E-state index contributed by atoms with van der Waals surface area (Å²) in [5, 5.41) is 0. The Labute approximate surface area is 87.3 Å². The highest BCUT2D eigenvalue weighted by Crippen LogP contribution is 2.19. The van der Waals surface area contributed by atoms with Gasteiger partial charge in [0.2, 0.25) is 0 Å². The van der Waals surface area contributed by atoms with Crippen molar-refractivity contribution in [2.24, 2.45) is 5.92 Å². The molecule has 0 radical (unpaired) electrons. The lowest BCUT2D eigenvalue weighted by Gasteiger charge is -2.24. The van der Waals surface area contributed by atoms with Crippen molar-refractivity contribution in [3.63, 3.8) is 0 Å². The van der Waals surface area contributed by atoms with Gasteiger partial charge in [-0.1, -0.05) is 19.4 Å². The summed E-state index contributed by atoms with van der Waals surface area (Å²) in [5.74, 6) is 0.567. The minimum Gasteiger partial charge on any atom is -0.368 e. The van der Waals surface area contributed by atoms with Crippen molar-refractivity contribution in [1.29, 1.82) is 0 Å². The molecule has 0 fully saturated rings. The molecule has 0 spiro atoms. The minimum absolute atomic E-state index is 0.179. The third-order valence-electron chi connectivity index (χ3n) is 2.38. The first kappa shape index (κ1) is 13.4. The highest BCUT2D eigenvalue weighted by molar-refractivity contribution is 5.50. The van der Waals surface area contributed by atoms with Crippen molar-refractivity contribution in [1.82, 2.24) is 0 Å². The van der Waals surface area contributed by atoms with Gasteiger partial charge in [-0.25, -0.2) is 0 Å². The SMILES string of the molecule is C=CC(C)CCCC(C)(C)OCC=O. The number of ether oxygens (including phenoxy) is 1. The van der Waals surface area contributed by atoms with Crippen LogP contribution in [0.15, 0.2) is 12.7 Å². The minimum atomic E-state index is -0.179. The molecule has 2 heteroatoms. The summed E-state index contributed by atoms with van der Waals surface area (Å²) in [7, 11) is 0. The average Bonchev–Trinajstić information content (AvgIpc) is 2.14. The fourth-order valence-corrected chi connectivity index (χ4v) is 1.30. The van der Waals surface area contributed by atoms with Crippen LogP contribution < -0.4 is 0 Å². The molecule has 0 aromatic carbocycles. The number of aldehydes is 1. The second-order valence-electron chi connectivity index (χ2n) is 4.34. The quantitative estimate of drug-likeness (QED) is 0.443. The van der Waals surface area contributed by atoms with Gasteiger partial charge in [0.05, 0.1) is 5.60 Å². The highest BCUT2D eigenvalue weighted by atomic mass is 16.5. The number of rotatable bonds is 8. The van der Waals surface area contributed by atoms with Crippen molar-refractivity contribution in [3.8, 4) is 0 Å². The zero-order chi connectivity index (χ0) is 11.0. The number of carbonyl (C=O) groups excluding carboxylic acids is 1. The largest absolute Gasteiger partial charge is 0.368 e. The Morgan fingerprint density at radius 3 is 2.64 bits per heavy atom. The maximum atomic E-state index is 10.1. The molecule has 0 saturated carbocycles. The summed E-state index contributed by atoms with van der Waals surface area (Å²) in [6.07, 6.45) is 6.00. The molecule has 0 saturated heterocycles. The van der Waals surface area contributed by atoms with E-state index in [1.54, 1.807) is 0 Å². The van der Waals surface area contributed by atoms with E-state index in [4.69, 9.17) is 4.74 Å². The second-order valence-corrected chi connectivity index (χ2v) is 4.34. The maximum absolute atomic E-state index is 10.1. The average molecular weight is 198 g/mol. The molecular weight excluding hydrogens is 176 g/mol. The summed E-state index contributed by atoms with van der Waals surface area (Å²) >= 11 is 0. The van der Waals surface area contributed by atoms with Crippen molar-refractivity contribution in [2.45, 2.75) is 45.6 Å². The Balaban J connectivity index is 3.63. The molecular formula is C12H22O2. The van der Waals surface area contributed by atoms with Crippen LogP contribution in [0.25, 0.3) is 0 Å². The standard InChI is InChI=1S/C12H22O2/c1-5-11(2)7-6-8-12(3,4)14-10-9-13/h5,9,11H,1,6-8,10H2,2-4H3. The lowest BCUT2D eigenvalue weighted by Crippen LogP contribution is -2.25. The van der Waals surface area contributed by atoms with Gasteiger partial charge in [0, 0.05) is 0 Å². The van der Waals surface area contributed by atoms with E-state index >= 15 is 0 Å². The topological polar surface area (TPSA) is 26.3 Å². The number of hydrogen-bond acceptors (Lipinski definition) is 2. The highest BCUT2D eigenvalue weighted by Gasteiger charge is 2.17. The molecule has 0 aliphatic carbocycles. The van der Waals surface area contributed by atoms with Crippen LogP contribution in [-0.2, 0) is 9.53 Å². The molecule has 82 valence electrons. The molecule has 0 aromatic rings. The Hall–Kier alpha value is -0.630. The van der Waals surface area contributed by atoms with E-state index in [-0.39, 0.29) is 12.2 Å². The van der Waals surface area contributed by atoms with Crippen LogP contribution in [0, 0.1) is 5.92 Å². The van der Waals surface area contributed by atoms with E-state index in [2.05, 4.69) is 13.5 Å². The summed E-state index contributed by atoms with van der Waals surface area (Å²) < 4.78 is 5.40. The van der Waals surface area contributed by atoms with E-state index in [0.29, 0.717) is 5.92 Å². The first-order valence-electron chi connectivity index (χ1n) is 5.22. The predicted octanol–water partition coefficient (Wildman–Crippen LogP) is 2.97. The van der Waals surface area contributed by atoms with Gasteiger partial charge in [-0.3, -0.25) is 0 Å². The van der Waals surface area contributed by atoms with Gasteiger partial charge >= 0.3 is 0 Å². The third kappa shape index (κ3) is 6.84. The number of hydrogen-bond donors (Lipinski definition) is 0. The Morgan fingerprint density at radius 1 is 1.50 bits per heavy atom. The molecule has 2 nitrogen and oxygen atoms in total. The van der Waals surface area contributed by atoms with E-state index in [9.17, 15) is 4.79 Å². The van der Waals surface area contributed by atoms with Crippen LogP contribution in [0.4, 0.5) is 0 Å². The zero-order valence-corrected chi connectivity index (χ0v) is 9.58. The van der Waals surface area contributed by atoms with Crippen molar-refractivity contribution >= 4 is 6.29 Å². The van der Waals surface area contributed by atoms with Crippen LogP contribution in [0.2, 0.25) is 0 Å². The first-order valence-corrected chi connectivity index (χ1v) is 5.22. The third-order valence-corrected chi connectivity index (χ3v) is 2.38. The van der Waals surface area contributed by atoms with Gasteiger partial charge in [-0.2, -0.15) is 0 Å². The zero-order valence-electron chi connectivity index (χ0n) is 9.58. The molecule has 0 heterocycles. The van der Waals surface area contributed by atoms with Gasteiger partial charge in [0.25, 0.3) is 0 Å². The van der Waals surface area contributed by atoms with E-state index < -0.39 is 0 Å². The number of allylic oxidation sites excluding steroid dienone is 1. The molecule has 0 rings (SSSR count). The summed E-state index contributed by atoms with van der Waals surface area (Å²) in [5.41, 5.74) is -0.179. The lowest BCUT2D eigenvalue weighted by atomic mass is 9.97. The summed E-state index contributed by atoms with van der Waals surface area (Å²) in [6, 6.07) is 0. The lowest BCUT2D eigenvalue weighted by molar-refractivity contribution is -0.117. The van der Waals surface area contributed by atoms with Crippen LogP contribution in [-0.4, -0.2) is 18.5 Å². The first-order chi connectivity index (χ1) is 6.52. The molecule has 0 amide bonds. The molecule has 14 heavy (non-hydrogen) atoms. The predicted molar refractivity (Wildman–Crippen MR) is 59.3 cm³/mol. The van der Waals surface area contributed by atoms with Crippen molar-refractivity contribution < 1.29 is 9.53 Å².